The van der Waals surface area contributed by atoms with Crippen LogP contribution < -0.4 is 5.73 Å². The Labute approximate surface area is 88.8 Å². The van der Waals surface area contributed by atoms with E-state index in [9.17, 15) is 4.21 Å². The highest BCUT2D eigenvalue weighted by Gasteiger charge is 2.08. The lowest BCUT2D eigenvalue weighted by atomic mass is 10.3. The molecule has 78 valence electrons. The van der Waals surface area contributed by atoms with Crippen LogP contribution in [0.25, 0.3) is 11.5 Å². The summed E-state index contributed by atoms with van der Waals surface area (Å²) < 4.78 is 16.4. The molecule has 1 unspecified atom stereocenters. The third kappa shape index (κ3) is 2.04. The highest BCUT2D eigenvalue weighted by molar-refractivity contribution is 7.84. The molecule has 15 heavy (non-hydrogen) atoms. The van der Waals surface area contributed by atoms with Gasteiger partial charge in [-0.2, -0.15) is 0 Å². The van der Waals surface area contributed by atoms with Gasteiger partial charge in [0.1, 0.15) is 10.7 Å². The van der Waals surface area contributed by atoms with Gasteiger partial charge >= 0.3 is 0 Å². The molecule has 2 N–H and O–H groups in total. The van der Waals surface area contributed by atoms with E-state index in [4.69, 9.17) is 10.2 Å². The van der Waals surface area contributed by atoms with Crippen LogP contribution in [-0.2, 0) is 10.8 Å². The number of rotatable bonds is 2. The lowest BCUT2D eigenvalue weighted by Crippen LogP contribution is -2.01. The number of aromatic nitrogens is 2. The molecular formula is C9H9N3O2S. The SMILES string of the molecule is CS(=O)c1cc(-c2ccco2)nc(N)n1. The van der Waals surface area contributed by atoms with Crippen molar-refractivity contribution in [3.8, 4) is 11.5 Å². The number of nitrogens with two attached hydrogens (primary N) is 1. The fourth-order valence-corrected chi connectivity index (χ4v) is 1.64. The first-order valence-electron chi connectivity index (χ1n) is 4.18. The molecule has 0 saturated heterocycles. The largest absolute Gasteiger partial charge is 0.463 e. The van der Waals surface area contributed by atoms with Crippen molar-refractivity contribution in [2.24, 2.45) is 0 Å². The highest BCUT2D eigenvalue weighted by atomic mass is 32.2. The Morgan fingerprint density at radius 3 is 2.87 bits per heavy atom. The zero-order valence-electron chi connectivity index (χ0n) is 8.01. The van der Waals surface area contributed by atoms with Crippen LogP contribution in [0.1, 0.15) is 0 Å². The van der Waals surface area contributed by atoms with Gasteiger partial charge in [0, 0.05) is 12.3 Å². The molecule has 0 aromatic carbocycles. The summed E-state index contributed by atoms with van der Waals surface area (Å²) in [5.74, 6) is 0.671. The Morgan fingerprint density at radius 1 is 1.47 bits per heavy atom. The average molecular weight is 223 g/mol. The molecule has 6 heteroatoms. The fraction of sp³-hybridized carbons (Fsp3) is 0.111. The lowest BCUT2D eigenvalue weighted by molar-refractivity contribution is 0.579. The molecule has 0 aliphatic carbocycles. The van der Waals surface area contributed by atoms with E-state index in [2.05, 4.69) is 9.97 Å². The van der Waals surface area contributed by atoms with Gasteiger partial charge in [-0.15, -0.1) is 0 Å². The molecule has 0 fully saturated rings. The van der Waals surface area contributed by atoms with Crippen LogP contribution >= 0.6 is 0 Å². The topological polar surface area (TPSA) is 82.0 Å². The minimum atomic E-state index is -1.18. The van der Waals surface area contributed by atoms with Crippen molar-refractivity contribution in [2.75, 3.05) is 12.0 Å². The van der Waals surface area contributed by atoms with Gasteiger partial charge in [-0.3, -0.25) is 4.21 Å². The van der Waals surface area contributed by atoms with Crippen molar-refractivity contribution in [1.29, 1.82) is 0 Å². The second kappa shape index (κ2) is 3.82. The second-order valence-electron chi connectivity index (χ2n) is 2.88. The van der Waals surface area contributed by atoms with Gasteiger partial charge in [-0.25, -0.2) is 9.97 Å². The van der Waals surface area contributed by atoms with E-state index >= 15 is 0 Å². The smallest absolute Gasteiger partial charge is 0.221 e. The minimum absolute atomic E-state index is 0.0918. The van der Waals surface area contributed by atoms with Gasteiger partial charge in [-0.05, 0) is 12.1 Å². The average Bonchev–Trinajstić information content (AvgIpc) is 2.69. The zero-order valence-corrected chi connectivity index (χ0v) is 8.82. The molecule has 2 rings (SSSR count). The molecule has 0 radical (unpaired) electrons. The van der Waals surface area contributed by atoms with Gasteiger partial charge in [0.05, 0.1) is 17.1 Å². The summed E-state index contributed by atoms with van der Waals surface area (Å²) in [6, 6.07) is 5.10. The summed E-state index contributed by atoms with van der Waals surface area (Å²) in [6.45, 7) is 0. The van der Waals surface area contributed by atoms with Gasteiger partial charge in [-0.1, -0.05) is 0 Å². The summed E-state index contributed by atoms with van der Waals surface area (Å²) in [7, 11) is -1.18. The third-order valence-corrected chi connectivity index (χ3v) is 2.59. The number of furan rings is 1. The van der Waals surface area contributed by atoms with Gasteiger partial charge < -0.3 is 10.2 Å². The second-order valence-corrected chi connectivity index (χ2v) is 4.21. The first-order valence-corrected chi connectivity index (χ1v) is 5.74. The summed E-state index contributed by atoms with van der Waals surface area (Å²) in [6.07, 6.45) is 3.07. The van der Waals surface area contributed by atoms with Crippen LogP contribution in [0.15, 0.2) is 33.9 Å². The van der Waals surface area contributed by atoms with Crippen LogP contribution in [0.2, 0.25) is 0 Å². The van der Waals surface area contributed by atoms with Crippen molar-refractivity contribution in [3.05, 3.63) is 24.5 Å². The molecule has 2 aromatic rings. The van der Waals surface area contributed by atoms with E-state index in [1.807, 2.05) is 0 Å². The van der Waals surface area contributed by atoms with E-state index in [0.29, 0.717) is 16.5 Å². The Morgan fingerprint density at radius 2 is 2.27 bits per heavy atom. The summed E-state index contributed by atoms with van der Waals surface area (Å²) in [5.41, 5.74) is 6.04. The first kappa shape index (κ1) is 9.85. The number of nitrogens with zero attached hydrogens (tertiary/aromatic N) is 2. The molecule has 0 spiro atoms. The number of hydrogen-bond donors (Lipinski definition) is 1. The lowest BCUT2D eigenvalue weighted by Gasteiger charge is -2.00. The molecule has 0 bridgehead atoms. The third-order valence-electron chi connectivity index (χ3n) is 1.79. The van der Waals surface area contributed by atoms with Crippen LogP contribution in [0, 0.1) is 0 Å². The molecule has 1 atom stereocenters. The van der Waals surface area contributed by atoms with E-state index in [0.717, 1.165) is 0 Å². The summed E-state index contributed by atoms with van der Waals surface area (Å²) >= 11 is 0. The number of hydrogen-bond acceptors (Lipinski definition) is 5. The highest BCUT2D eigenvalue weighted by Crippen LogP contribution is 2.19. The molecule has 0 saturated carbocycles. The monoisotopic (exact) mass is 223 g/mol. The first-order chi connectivity index (χ1) is 7.16. The predicted octanol–water partition coefficient (Wildman–Crippen LogP) is 1.06. The van der Waals surface area contributed by atoms with Gasteiger partial charge in [0.2, 0.25) is 5.95 Å². The molecule has 0 amide bonds. The maximum atomic E-state index is 11.3. The quantitative estimate of drug-likeness (QED) is 0.770. The van der Waals surface area contributed by atoms with E-state index in [-0.39, 0.29) is 5.95 Å². The minimum Gasteiger partial charge on any atom is -0.463 e. The van der Waals surface area contributed by atoms with Gasteiger partial charge in [0.25, 0.3) is 0 Å². The van der Waals surface area contributed by atoms with Crippen LogP contribution in [0.5, 0.6) is 0 Å². The number of nitrogen functional groups attached to an aromatic ring is 1. The Balaban J connectivity index is 2.54. The van der Waals surface area contributed by atoms with Crippen LogP contribution in [0.3, 0.4) is 0 Å². The summed E-state index contributed by atoms with van der Waals surface area (Å²) in [5, 5.41) is 0.397. The molecular weight excluding hydrogens is 214 g/mol. The normalized spacial score (nSPS) is 12.6. The predicted molar refractivity (Wildman–Crippen MR) is 56.5 cm³/mol. The van der Waals surface area contributed by atoms with Crippen molar-refractivity contribution in [3.63, 3.8) is 0 Å². The fourth-order valence-electron chi connectivity index (χ4n) is 1.14. The van der Waals surface area contributed by atoms with Crippen LogP contribution in [0.4, 0.5) is 5.95 Å². The van der Waals surface area contributed by atoms with Crippen molar-refractivity contribution in [2.45, 2.75) is 5.03 Å². The molecule has 0 aliphatic rings. The van der Waals surface area contributed by atoms with E-state index in [1.54, 1.807) is 18.2 Å². The van der Waals surface area contributed by atoms with Crippen molar-refractivity contribution >= 4 is 16.7 Å². The molecule has 0 aliphatic heterocycles. The summed E-state index contributed by atoms with van der Waals surface area (Å²) in [4.78, 5) is 7.87. The van der Waals surface area contributed by atoms with Crippen LogP contribution in [-0.4, -0.2) is 20.4 Å². The standard InChI is InChI=1S/C9H9N3O2S/c1-15(13)8-5-6(11-9(10)12-8)7-3-2-4-14-7/h2-5H,1H3,(H2,10,11,12). The molecule has 2 heterocycles. The van der Waals surface area contributed by atoms with Crippen molar-refractivity contribution in [1.82, 2.24) is 9.97 Å². The Kier molecular flexibility index (Phi) is 2.51. The number of anilines is 1. The van der Waals surface area contributed by atoms with E-state index < -0.39 is 10.8 Å². The maximum absolute atomic E-state index is 11.3. The van der Waals surface area contributed by atoms with E-state index in [1.165, 1.54) is 12.5 Å². The molecule has 5 nitrogen and oxygen atoms in total. The van der Waals surface area contributed by atoms with Crippen molar-refractivity contribution < 1.29 is 8.63 Å². The zero-order chi connectivity index (χ0) is 10.8. The Hall–Kier alpha value is -1.69. The molecule has 2 aromatic heterocycles. The van der Waals surface area contributed by atoms with Gasteiger partial charge in [0.15, 0.2) is 5.76 Å². The maximum Gasteiger partial charge on any atom is 0.221 e. The Bertz CT molecular complexity index is 496.